The quantitative estimate of drug-likeness (QED) is 0.876. The molecule has 1 aliphatic heterocycles. The fourth-order valence-electron chi connectivity index (χ4n) is 2.75. The van der Waals surface area contributed by atoms with Gasteiger partial charge in [-0.3, -0.25) is 4.79 Å². The second-order valence-electron chi connectivity index (χ2n) is 5.76. The van der Waals surface area contributed by atoms with E-state index < -0.39 is 0 Å². The number of thiazole rings is 1. The van der Waals surface area contributed by atoms with Crippen LogP contribution in [0.5, 0.6) is 0 Å². The number of amides is 1. The molecule has 1 aromatic rings. The van der Waals surface area contributed by atoms with Gasteiger partial charge in [0.25, 0.3) is 5.91 Å². The molecule has 2 atom stereocenters. The first kappa shape index (κ1) is 16.4. The summed E-state index contributed by atoms with van der Waals surface area (Å²) >= 11 is 1.44. The molecule has 1 amide bonds. The number of ether oxygens (including phenoxy) is 1. The lowest BCUT2D eigenvalue weighted by Gasteiger charge is -2.40. The fourth-order valence-corrected chi connectivity index (χ4v) is 3.51. The molecule has 2 heterocycles. The minimum atomic E-state index is -0.132. The summed E-state index contributed by atoms with van der Waals surface area (Å²) in [5.74, 6) is -0.105. The van der Waals surface area contributed by atoms with Crippen LogP contribution >= 0.6 is 11.3 Å². The molecule has 2 unspecified atom stereocenters. The lowest BCUT2D eigenvalue weighted by molar-refractivity contribution is -0.0917. The molecule has 0 bridgehead atoms. The summed E-state index contributed by atoms with van der Waals surface area (Å²) in [5.41, 5.74) is 6.16. The average Bonchev–Trinajstić information content (AvgIpc) is 2.97. The number of carbonyl (C=O) groups is 1. The van der Waals surface area contributed by atoms with E-state index in [1.807, 2.05) is 6.92 Å². The van der Waals surface area contributed by atoms with E-state index in [1.54, 1.807) is 5.38 Å². The van der Waals surface area contributed by atoms with Crippen molar-refractivity contribution in [1.82, 2.24) is 10.3 Å². The van der Waals surface area contributed by atoms with E-state index in [0.717, 1.165) is 30.7 Å². The zero-order valence-electron chi connectivity index (χ0n) is 13.0. The monoisotopic (exact) mass is 311 g/mol. The molecule has 2 rings (SSSR count). The Hall–Kier alpha value is -0.980. The summed E-state index contributed by atoms with van der Waals surface area (Å²) in [6.45, 7) is 6.86. The molecule has 21 heavy (non-hydrogen) atoms. The summed E-state index contributed by atoms with van der Waals surface area (Å²) in [5, 5.41) is 5.67. The molecule has 0 saturated carbocycles. The van der Waals surface area contributed by atoms with Gasteiger partial charge in [0.05, 0.1) is 11.6 Å². The summed E-state index contributed by atoms with van der Waals surface area (Å²) < 4.78 is 5.94. The van der Waals surface area contributed by atoms with Crippen molar-refractivity contribution in [2.45, 2.75) is 64.1 Å². The van der Waals surface area contributed by atoms with Crippen molar-refractivity contribution < 1.29 is 9.53 Å². The number of nitrogens with one attached hydrogen (secondary N) is 1. The van der Waals surface area contributed by atoms with Gasteiger partial charge in [-0.15, -0.1) is 11.3 Å². The van der Waals surface area contributed by atoms with Gasteiger partial charge in [-0.25, -0.2) is 4.98 Å². The van der Waals surface area contributed by atoms with Crippen LogP contribution in [0.4, 0.5) is 0 Å². The smallest absolute Gasteiger partial charge is 0.270 e. The van der Waals surface area contributed by atoms with E-state index in [2.05, 4.69) is 24.1 Å². The fraction of sp³-hybridized carbons (Fsp3) is 0.733. The SMILES string of the molecule is CCC1(CC)CC(NC(=O)c2csc(C(C)N)n2)CCO1. The number of aromatic nitrogens is 1. The van der Waals surface area contributed by atoms with Crippen LogP contribution in [-0.2, 0) is 4.74 Å². The first-order valence-electron chi connectivity index (χ1n) is 7.65. The zero-order valence-corrected chi connectivity index (χ0v) is 13.8. The molecule has 3 N–H and O–H groups in total. The predicted octanol–water partition coefficient (Wildman–Crippen LogP) is 2.63. The topological polar surface area (TPSA) is 77.2 Å². The molecule has 118 valence electrons. The van der Waals surface area contributed by atoms with E-state index in [4.69, 9.17) is 10.5 Å². The third-order valence-electron chi connectivity index (χ3n) is 4.26. The number of rotatable bonds is 5. The third kappa shape index (κ3) is 3.81. The molecule has 0 radical (unpaired) electrons. The van der Waals surface area contributed by atoms with Crippen molar-refractivity contribution in [3.8, 4) is 0 Å². The minimum Gasteiger partial charge on any atom is -0.375 e. The Labute approximate surface area is 130 Å². The Bertz CT molecular complexity index is 483. The second-order valence-corrected chi connectivity index (χ2v) is 6.65. The normalized spacial score (nSPS) is 22.8. The summed E-state index contributed by atoms with van der Waals surface area (Å²) in [4.78, 5) is 16.6. The van der Waals surface area contributed by atoms with Crippen molar-refractivity contribution in [2.75, 3.05) is 6.61 Å². The lowest BCUT2D eigenvalue weighted by Crippen LogP contribution is -2.48. The van der Waals surface area contributed by atoms with E-state index in [1.165, 1.54) is 11.3 Å². The van der Waals surface area contributed by atoms with Crippen LogP contribution < -0.4 is 11.1 Å². The Kier molecular flexibility index (Phi) is 5.35. The molecule has 0 spiro atoms. The highest BCUT2D eigenvalue weighted by atomic mass is 32.1. The molecule has 1 aliphatic rings. The predicted molar refractivity (Wildman–Crippen MR) is 84.5 cm³/mol. The van der Waals surface area contributed by atoms with Gasteiger partial charge >= 0.3 is 0 Å². The van der Waals surface area contributed by atoms with Gasteiger partial charge in [-0.05, 0) is 32.6 Å². The first-order valence-corrected chi connectivity index (χ1v) is 8.53. The molecule has 0 aliphatic carbocycles. The maximum atomic E-state index is 12.3. The van der Waals surface area contributed by atoms with E-state index in [9.17, 15) is 4.79 Å². The van der Waals surface area contributed by atoms with Gasteiger partial charge in [0.2, 0.25) is 0 Å². The summed E-state index contributed by atoms with van der Waals surface area (Å²) in [6.07, 6.45) is 3.68. The number of nitrogens with zero attached hydrogens (tertiary/aromatic N) is 1. The van der Waals surface area contributed by atoms with Crippen molar-refractivity contribution in [3.63, 3.8) is 0 Å². The maximum absolute atomic E-state index is 12.3. The van der Waals surface area contributed by atoms with Gasteiger partial charge in [-0.1, -0.05) is 13.8 Å². The molecule has 0 aromatic carbocycles. The lowest BCUT2D eigenvalue weighted by atomic mass is 9.86. The van der Waals surface area contributed by atoms with Gasteiger partial charge < -0.3 is 15.8 Å². The van der Waals surface area contributed by atoms with Gasteiger partial charge in [0.15, 0.2) is 0 Å². The van der Waals surface area contributed by atoms with Crippen LogP contribution in [0.1, 0.15) is 68.0 Å². The number of hydrogen-bond donors (Lipinski definition) is 2. The highest BCUT2D eigenvalue weighted by Gasteiger charge is 2.35. The molecule has 5 nitrogen and oxygen atoms in total. The van der Waals surface area contributed by atoms with Crippen LogP contribution in [0.15, 0.2) is 5.38 Å². The van der Waals surface area contributed by atoms with Gasteiger partial charge in [-0.2, -0.15) is 0 Å². The number of hydrogen-bond acceptors (Lipinski definition) is 5. The van der Waals surface area contributed by atoms with Crippen molar-refractivity contribution >= 4 is 17.2 Å². The summed E-state index contributed by atoms with van der Waals surface area (Å²) in [7, 11) is 0. The standard InChI is InChI=1S/C15H25N3O2S/c1-4-15(5-2)8-11(6-7-20-15)17-13(19)12-9-21-14(18-12)10(3)16/h9-11H,4-8,16H2,1-3H3,(H,17,19). The van der Waals surface area contributed by atoms with E-state index in [0.29, 0.717) is 12.3 Å². The largest absolute Gasteiger partial charge is 0.375 e. The average molecular weight is 311 g/mol. The van der Waals surface area contributed by atoms with Crippen LogP contribution in [0, 0.1) is 0 Å². The Morgan fingerprint density at radius 3 is 2.90 bits per heavy atom. The zero-order chi connectivity index (χ0) is 15.5. The highest BCUT2D eigenvalue weighted by molar-refractivity contribution is 7.09. The molecular weight excluding hydrogens is 286 g/mol. The number of nitrogens with two attached hydrogens (primary N) is 1. The van der Waals surface area contributed by atoms with Crippen molar-refractivity contribution in [2.24, 2.45) is 5.73 Å². The maximum Gasteiger partial charge on any atom is 0.270 e. The van der Waals surface area contributed by atoms with Gasteiger partial charge in [0.1, 0.15) is 10.7 Å². The Balaban J connectivity index is 1.98. The second kappa shape index (κ2) is 6.85. The first-order chi connectivity index (χ1) is 9.99. The van der Waals surface area contributed by atoms with Crippen LogP contribution in [0.2, 0.25) is 0 Å². The van der Waals surface area contributed by atoms with Crippen LogP contribution in [-0.4, -0.2) is 29.1 Å². The highest BCUT2D eigenvalue weighted by Crippen LogP contribution is 2.31. The third-order valence-corrected chi connectivity index (χ3v) is 5.31. The Morgan fingerprint density at radius 2 is 2.33 bits per heavy atom. The van der Waals surface area contributed by atoms with Crippen LogP contribution in [0.25, 0.3) is 0 Å². The summed E-state index contributed by atoms with van der Waals surface area (Å²) in [6, 6.07) is 0.0269. The van der Waals surface area contributed by atoms with Crippen molar-refractivity contribution in [3.05, 3.63) is 16.1 Å². The molecule has 1 fully saturated rings. The van der Waals surface area contributed by atoms with Crippen molar-refractivity contribution in [1.29, 1.82) is 0 Å². The van der Waals surface area contributed by atoms with Gasteiger partial charge in [0, 0.05) is 18.0 Å². The molecular formula is C15H25N3O2S. The molecule has 1 saturated heterocycles. The number of carbonyl (C=O) groups excluding carboxylic acids is 1. The van der Waals surface area contributed by atoms with E-state index in [-0.39, 0.29) is 23.6 Å². The Morgan fingerprint density at radius 1 is 1.62 bits per heavy atom. The molecule has 6 heteroatoms. The minimum absolute atomic E-state index is 0.0881. The van der Waals surface area contributed by atoms with Crippen LogP contribution in [0.3, 0.4) is 0 Å². The molecule has 1 aromatic heterocycles. The van der Waals surface area contributed by atoms with E-state index >= 15 is 0 Å².